The van der Waals surface area contributed by atoms with Crippen molar-refractivity contribution in [2.75, 3.05) is 0 Å². The molecule has 0 saturated heterocycles. The largest absolute Gasteiger partial charge is 0.335 e. The summed E-state index contributed by atoms with van der Waals surface area (Å²) in [4.78, 5) is 16.9. The van der Waals surface area contributed by atoms with Crippen molar-refractivity contribution in [2.24, 2.45) is 0 Å². The standard InChI is InChI=1S/C13H12F2N2OS/c1-6(10-8(14)4-3-5-9(10)15)11-7(2)12(18)17-13(19)16-11/h3-6H,1-2H3,(H2,16,17,18,19). The third kappa shape index (κ3) is 2.49. The number of aromatic nitrogens is 2. The van der Waals surface area contributed by atoms with Gasteiger partial charge in [0.05, 0.1) is 0 Å². The highest BCUT2D eigenvalue weighted by Gasteiger charge is 2.20. The number of benzene rings is 1. The lowest BCUT2D eigenvalue weighted by Crippen LogP contribution is -2.17. The van der Waals surface area contributed by atoms with Crippen LogP contribution in [0.25, 0.3) is 0 Å². The van der Waals surface area contributed by atoms with Gasteiger partial charge in [0, 0.05) is 22.7 Å². The molecule has 0 spiro atoms. The molecule has 19 heavy (non-hydrogen) atoms. The second-order valence-electron chi connectivity index (χ2n) is 4.30. The monoisotopic (exact) mass is 282 g/mol. The molecular formula is C13H12F2N2OS. The van der Waals surface area contributed by atoms with Crippen molar-refractivity contribution < 1.29 is 8.78 Å². The van der Waals surface area contributed by atoms with Crippen molar-refractivity contribution in [1.29, 1.82) is 0 Å². The molecular weight excluding hydrogens is 270 g/mol. The van der Waals surface area contributed by atoms with Crippen LogP contribution in [0.5, 0.6) is 0 Å². The molecule has 0 saturated carbocycles. The smallest absolute Gasteiger partial charge is 0.254 e. The quantitative estimate of drug-likeness (QED) is 0.831. The second kappa shape index (κ2) is 5.05. The van der Waals surface area contributed by atoms with Crippen molar-refractivity contribution in [3.63, 3.8) is 0 Å². The summed E-state index contributed by atoms with van der Waals surface area (Å²) in [6.45, 7) is 3.20. The minimum atomic E-state index is -0.647. The first-order chi connectivity index (χ1) is 8.91. The van der Waals surface area contributed by atoms with Gasteiger partial charge in [-0.1, -0.05) is 13.0 Å². The van der Waals surface area contributed by atoms with E-state index in [1.807, 2.05) is 0 Å². The summed E-state index contributed by atoms with van der Waals surface area (Å²) in [7, 11) is 0. The van der Waals surface area contributed by atoms with Gasteiger partial charge in [-0.3, -0.25) is 9.78 Å². The van der Waals surface area contributed by atoms with Gasteiger partial charge in [0.1, 0.15) is 11.6 Å². The van der Waals surface area contributed by atoms with Gasteiger partial charge in [-0.15, -0.1) is 0 Å². The van der Waals surface area contributed by atoms with Gasteiger partial charge in [-0.25, -0.2) is 8.78 Å². The van der Waals surface area contributed by atoms with Gasteiger partial charge in [0.15, 0.2) is 4.77 Å². The van der Waals surface area contributed by atoms with E-state index in [9.17, 15) is 13.6 Å². The Balaban J connectivity index is 2.66. The zero-order valence-corrected chi connectivity index (χ0v) is 11.2. The van der Waals surface area contributed by atoms with E-state index in [0.29, 0.717) is 11.3 Å². The summed E-state index contributed by atoms with van der Waals surface area (Å²) in [6.07, 6.45) is 0. The first-order valence-electron chi connectivity index (χ1n) is 5.68. The molecule has 0 aliphatic rings. The van der Waals surface area contributed by atoms with E-state index in [-0.39, 0.29) is 15.9 Å². The second-order valence-corrected chi connectivity index (χ2v) is 4.71. The number of rotatable bonds is 2. The van der Waals surface area contributed by atoms with E-state index >= 15 is 0 Å². The highest BCUT2D eigenvalue weighted by Crippen LogP contribution is 2.28. The van der Waals surface area contributed by atoms with Gasteiger partial charge in [0.2, 0.25) is 0 Å². The third-order valence-corrected chi connectivity index (χ3v) is 3.29. The number of aromatic amines is 2. The van der Waals surface area contributed by atoms with Crippen molar-refractivity contribution >= 4 is 12.2 Å². The summed E-state index contributed by atoms with van der Waals surface area (Å²) < 4.78 is 27.6. The fourth-order valence-electron chi connectivity index (χ4n) is 2.07. The molecule has 1 aromatic heterocycles. The predicted octanol–water partition coefficient (Wildman–Crippen LogP) is 3.17. The van der Waals surface area contributed by atoms with E-state index in [4.69, 9.17) is 12.2 Å². The number of nitrogens with one attached hydrogen (secondary N) is 2. The van der Waals surface area contributed by atoms with E-state index in [1.165, 1.54) is 18.2 Å². The highest BCUT2D eigenvalue weighted by molar-refractivity contribution is 7.71. The van der Waals surface area contributed by atoms with Gasteiger partial charge in [-0.2, -0.15) is 0 Å². The van der Waals surface area contributed by atoms with Crippen LogP contribution < -0.4 is 5.56 Å². The van der Waals surface area contributed by atoms with E-state index in [1.54, 1.807) is 13.8 Å². The van der Waals surface area contributed by atoms with Crippen LogP contribution in [0.3, 0.4) is 0 Å². The summed E-state index contributed by atoms with van der Waals surface area (Å²) in [6, 6.07) is 3.67. The van der Waals surface area contributed by atoms with Crippen molar-refractivity contribution in [2.45, 2.75) is 19.8 Å². The third-order valence-electron chi connectivity index (χ3n) is 3.09. The molecule has 0 fully saturated rings. The lowest BCUT2D eigenvalue weighted by Gasteiger charge is -2.15. The molecule has 0 bridgehead atoms. The van der Waals surface area contributed by atoms with Crippen LogP contribution in [0.15, 0.2) is 23.0 Å². The highest BCUT2D eigenvalue weighted by atomic mass is 32.1. The van der Waals surface area contributed by atoms with Crippen molar-refractivity contribution in [3.05, 3.63) is 61.8 Å². The summed E-state index contributed by atoms with van der Waals surface area (Å²) in [5.41, 5.74) is 0.339. The Hall–Kier alpha value is -1.82. The lowest BCUT2D eigenvalue weighted by molar-refractivity contribution is 0.544. The summed E-state index contributed by atoms with van der Waals surface area (Å²) in [5.74, 6) is -1.93. The predicted molar refractivity (Wildman–Crippen MR) is 70.9 cm³/mol. The SMILES string of the molecule is Cc1c(C(C)c2c(F)cccc2F)[nH]c(=S)[nH]c1=O. The molecule has 1 aromatic carbocycles. The van der Waals surface area contributed by atoms with Gasteiger partial charge >= 0.3 is 0 Å². The zero-order chi connectivity index (χ0) is 14.2. The fourth-order valence-corrected chi connectivity index (χ4v) is 2.27. The Kier molecular flexibility index (Phi) is 3.61. The molecule has 1 atom stereocenters. The molecule has 2 aromatic rings. The average Bonchev–Trinajstić information content (AvgIpc) is 2.33. The van der Waals surface area contributed by atoms with Crippen LogP contribution in [0, 0.1) is 23.3 Å². The maximum absolute atomic E-state index is 13.8. The summed E-state index contributed by atoms with van der Waals surface area (Å²) in [5, 5.41) is 0. The Morgan fingerprint density at radius 3 is 2.37 bits per heavy atom. The Morgan fingerprint density at radius 1 is 1.21 bits per heavy atom. The Labute approximate surface area is 113 Å². The number of halogens is 2. The topological polar surface area (TPSA) is 48.6 Å². The van der Waals surface area contributed by atoms with E-state index in [0.717, 1.165) is 0 Å². The van der Waals surface area contributed by atoms with Crippen LogP contribution in [-0.2, 0) is 0 Å². The fraction of sp³-hybridized carbons (Fsp3) is 0.231. The van der Waals surface area contributed by atoms with E-state index < -0.39 is 17.6 Å². The lowest BCUT2D eigenvalue weighted by atomic mass is 9.94. The molecule has 2 rings (SSSR count). The molecule has 100 valence electrons. The van der Waals surface area contributed by atoms with E-state index in [2.05, 4.69) is 9.97 Å². The minimum absolute atomic E-state index is 0.0816. The van der Waals surface area contributed by atoms with Crippen LogP contribution >= 0.6 is 12.2 Å². The van der Waals surface area contributed by atoms with Crippen LogP contribution in [0.2, 0.25) is 0 Å². The molecule has 0 aliphatic carbocycles. The maximum atomic E-state index is 13.8. The molecule has 2 N–H and O–H groups in total. The van der Waals surface area contributed by atoms with Gasteiger partial charge < -0.3 is 4.98 Å². The molecule has 0 aliphatic heterocycles. The van der Waals surface area contributed by atoms with Crippen LogP contribution in [-0.4, -0.2) is 9.97 Å². The minimum Gasteiger partial charge on any atom is -0.335 e. The van der Waals surface area contributed by atoms with Crippen molar-refractivity contribution in [1.82, 2.24) is 9.97 Å². The first kappa shape index (κ1) is 13.6. The maximum Gasteiger partial charge on any atom is 0.254 e. The van der Waals surface area contributed by atoms with Gasteiger partial charge in [-0.05, 0) is 31.3 Å². The van der Waals surface area contributed by atoms with Crippen LogP contribution in [0.1, 0.15) is 29.7 Å². The molecule has 1 unspecified atom stereocenters. The molecule has 1 heterocycles. The summed E-state index contributed by atoms with van der Waals surface area (Å²) >= 11 is 4.88. The number of hydrogen-bond donors (Lipinski definition) is 2. The molecule has 0 radical (unpaired) electrons. The molecule has 3 nitrogen and oxygen atoms in total. The Bertz CT molecular complexity index is 716. The zero-order valence-electron chi connectivity index (χ0n) is 10.4. The Morgan fingerprint density at radius 2 is 1.79 bits per heavy atom. The molecule has 0 amide bonds. The van der Waals surface area contributed by atoms with Gasteiger partial charge in [0.25, 0.3) is 5.56 Å². The average molecular weight is 282 g/mol. The van der Waals surface area contributed by atoms with Crippen LogP contribution in [0.4, 0.5) is 8.78 Å². The number of H-pyrrole nitrogens is 2. The van der Waals surface area contributed by atoms with Crippen molar-refractivity contribution in [3.8, 4) is 0 Å². The first-order valence-corrected chi connectivity index (χ1v) is 6.09. The number of hydrogen-bond acceptors (Lipinski definition) is 2. The normalized spacial score (nSPS) is 12.4. The molecule has 6 heteroatoms.